The number of alkyl halides is 3. The molecule has 4 rings (SSSR count). The van der Waals surface area contributed by atoms with Gasteiger partial charge in [0.05, 0.1) is 18.2 Å². The van der Waals surface area contributed by atoms with Gasteiger partial charge in [0.15, 0.2) is 6.35 Å². The van der Waals surface area contributed by atoms with Gasteiger partial charge in [0.25, 0.3) is 0 Å². The van der Waals surface area contributed by atoms with E-state index in [-0.39, 0.29) is 31.0 Å². The molecule has 3 aliphatic carbocycles. The quantitative estimate of drug-likeness (QED) is 0.547. The first-order valence-electron chi connectivity index (χ1n) is 12.4. The van der Waals surface area contributed by atoms with Crippen LogP contribution in [0.1, 0.15) is 84.0 Å². The average Bonchev–Trinajstić information content (AvgIpc) is 3.15. The van der Waals surface area contributed by atoms with E-state index in [1.165, 1.54) is 38.5 Å². The number of hydrogen-bond acceptors (Lipinski definition) is 4. The molecular formula is C23H40F3N3O. The van der Waals surface area contributed by atoms with Crippen LogP contribution in [0, 0.1) is 29.6 Å². The lowest BCUT2D eigenvalue weighted by Gasteiger charge is -2.42. The van der Waals surface area contributed by atoms with Gasteiger partial charge in [0.1, 0.15) is 0 Å². The second-order valence-electron chi connectivity index (χ2n) is 10.3. The van der Waals surface area contributed by atoms with E-state index < -0.39 is 12.1 Å². The van der Waals surface area contributed by atoms with Gasteiger partial charge >= 0.3 is 6.18 Å². The molecule has 7 heteroatoms. The summed E-state index contributed by atoms with van der Waals surface area (Å²) in [6.07, 6.45) is 8.13. The van der Waals surface area contributed by atoms with Crippen molar-refractivity contribution in [2.24, 2.45) is 29.6 Å². The Morgan fingerprint density at radius 3 is 2.13 bits per heavy atom. The van der Waals surface area contributed by atoms with E-state index in [9.17, 15) is 13.2 Å². The van der Waals surface area contributed by atoms with Crippen LogP contribution in [-0.4, -0.2) is 31.5 Å². The maximum atomic E-state index is 13.2. The van der Waals surface area contributed by atoms with Crippen molar-refractivity contribution in [1.82, 2.24) is 16.0 Å². The first-order valence-corrected chi connectivity index (χ1v) is 12.4. The number of halogens is 3. The molecule has 0 spiro atoms. The minimum atomic E-state index is -4.05. The van der Waals surface area contributed by atoms with Crippen molar-refractivity contribution in [3.05, 3.63) is 0 Å². The molecule has 4 nitrogen and oxygen atoms in total. The van der Waals surface area contributed by atoms with E-state index >= 15 is 0 Å². The molecule has 0 aromatic heterocycles. The number of rotatable bonds is 6. The van der Waals surface area contributed by atoms with Gasteiger partial charge in [-0.25, -0.2) is 0 Å². The summed E-state index contributed by atoms with van der Waals surface area (Å²) < 4.78 is 45.5. The maximum absolute atomic E-state index is 13.2. The third-order valence-electron chi connectivity index (χ3n) is 8.22. The van der Waals surface area contributed by atoms with Crippen LogP contribution in [0.2, 0.25) is 0 Å². The molecule has 0 bridgehead atoms. The summed E-state index contributed by atoms with van der Waals surface area (Å²) in [5, 5.41) is 10.6. The normalized spacial score (nSPS) is 42.8. The molecule has 8 unspecified atom stereocenters. The van der Waals surface area contributed by atoms with Crippen LogP contribution in [0.15, 0.2) is 0 Å². The van der Waals surface area contributed by atoms with E-state index in [2.05, 4.69) is 16.0 Å². The summed E-state index contributed by atoms with van der Waals surface area (Å²) in [5.74, 6) is 1.61. The van der Waals surface area contributed by atoms with Gasteiger partial charge in [-0.15, -0.1) is 0 Å². The Morgan fingerprint density at radius 1 is 0.767 bits per heavy atom. The standard InChI is InChI=1S/C23H40F3N3O/c1-2-30-22-28-20(13-15-5-3-8-19(12-15)23(24,25)26)27-21(29-22)14-16-9-10-17-6-4-7-18(17)11-16/h15-22,27-29H,2-14H2,1H3. The molecule has 174 valence electrons. The number of hydrogen-bond donors (Lipinski definition) is 3. The fraction of sp³-hybridized carbons (Fsp3) is 1.00. The summed E-state index contributed by atoms with van der Waals surface area (Å²) >= 11 is 0. The van der Waals surface area contributed by atoms with E-state index in [1.54, 1.807) is 0 Å². The molecule has 4 fully saturated rings. The van der Waals surface area contributed by atoms with E-state index in [0.29, 0.717) is 19.4 Å². The Kier molecular flexibility index (Phi) is 7.64. The van der Waals surface area contributed by atoms with E-state index in [0.717, 1.165) is 37.0 Å². The molecule has 30 heavy (non-hydrogen) atoms. The van der Waals surface area contributed by atoms with Crippen LogP contribution >= 0.6 is 0 Å². The van der Waals surface area contributed by atoms with Crippen LogP contribution in [-0.2, 0) is 4.74 Å². The molecule has 0 radical (unpaired) electrons. The lowest BCUT2D eigenvalue weighted by atomic mass is 9.74. The van der Waals surface area contributed by atoms with Crippen molar-refractivity contribution in [3.63, 3.8) is 0 Å². The highest BCUT2D eigenvalue weighted by atomic mass is 19.4. The second-order valence-corrected chi connectivity index (χ2v) is 10.3. The Balaban J connectivity index is 1.31. The summed E-state index contributed by atoms with van der Waals surface area (Å²) in [5.41, 5.74) is 0. The Morgan fingerprint density at radius 2 is 1.43 bits per heavy atom. The average molecular weight is 432 g/mol. The highest BCUT2D eigenvalue weighted by Crippen LogP contribution is 2.45. The molecular weight excluding hydrogens is 391 g/mol. The molecule has 0 aromatic rings. The molecule has 8 atom stereocenters. The van der Waals surface area contributed by atoms with Crippen LogP contribution < -0.4 is 16.0 Å². The molecule has 1 saturated heterocycles. The van der Waals surface area contributed by atoms with Gasteiger partial charge in [-0.2, -0.15) is 13.2 Å². The summed E-state index contributed by atoms with van der Waals surface area (Å²) in [4.78, 5) is 0. The predicted molar refractivity (Wildman–Crippen MR) is 111 cm³/mol. The summed E-state index contributed by atoms with van der Waals surface area (Å²) in [6, 6.07) is 0. The molecule has 0 aromatic carbocycles. The van der Waals surface area contributed by atoms with Crippen molar-refractivity contribution in [2.75, 3.05) is 6.61 Å². The second kappa shape index (κ2) is 10.1. The maximum Gasteiger partial charge on any atom is 0.391 e. The van der Waals surface area contributed by atoms with Gasteiger partial charge in [0.2, 0.25) is 0 Å². The third kappa shape index (κ3) is 5.90. The monoisotopic (exact) mass is 431 g/mol. The third-order valence-corrected chi connectivity index (χ3v) is 8.22. The Hall–Kier alpha value is -0.370. The SMILES string of the molecule is CCOC1NC(CC2CCC3CCCC3C2)NC(CC2CCCC(C(F)(F)F)C2)N1. The van der Waals surface area contributed by atoms with Crippen molar-refractivity contribution in [1.29, 1.82) is 0 Å². The van der Waals surface area contributed by atoms with Crippen molar-refractivity contribution in [2.45, 2.75) is 109 Å². The predicted octanol–water partition coefficient (Wildman–Crippen LogP) is 5.11. The smallest absolute Gasteiger partial charge is 0.350 e. The number of ether oxygens (including phenoxy) is 1. The zero-order chi connectivity index (χ0) is 21.1. The van der Waals surface area contributed by atoms with Gasteiger partial charge in [0, 0.05) is 6.61 Å². The fourth-order valence-electron chi connectivity index (χ4n) is 6.77. The van der Waals surface area contributed by atoms with E-state index in [1.807, 2.05) is 6.92 Å². The highest BCUT2D eigenvalue weighted by Gasteiger charge is 2.43. The van der Waals surface area contributed by atoms with Crippen LogP contribution in [0.25, 0.3) is 0 Å². The molecule has 3 N–H and O–H groups in total. The Bertz CT molecular complexity index is 546. The first-order chi connectivity index (χ1) is 14.4. The molecule has 4 aliphatic rings. The summed E-state index contributed by atoms with van der Waals surface area (Å²) in [6.45, 7) is 2.59. The van der Waals surface area contributed by atoms with Gasteiger partial charge < -0.3 is 4.74 Å². The zero-order valence-corrected chi connectivity index (χ0v) is 18.4. The highest BCUT2D eigenvalue weighted by molar-refractivity contribution is 4.89. The molecule has 1 aliphatic heterocycles. The van der Waals surface area contributed by atoms with Gasteiger partial charge in [-0.3, -0.25) is 16.0 Å². The van der Waals surface area contributed by atoms with Gasteiger partial charge in [-0.05, 0) is 69.1 Å². The van der Waals surface area contributed by atoms with Crippen molar-refractivity contribution in [3.8, 4) is 0 Å². The number of nitrogens with one attached hydrogen (secondary N) is 3. The topological polar surface area (TPSA) is 45.3 Å². The lowest BCUT2D eigenvalue weighted by molar-refractivity contribution is -0.186. The van der Waals surface area contributed by atoms with Crippen molar-refractivity contribution < 1.29 is 17.9 Å². The zero-order valence-electron chi connectivity index (χ0n) is 18.4. The van der Waals surface area contributed by atoms with Gasteiger partial charge in [-0.1, -0.05) is 38.5 Å². The fourth-order valence-corrected chi connectivity index (χ4v) is 6.77. The van der Waals surface area contributed by atoms with E-state index in [4.69, 9.17) is 4.74 Å². The minimum absolute atomic E-state index is 0.00704. The van der Waals surface area contributed by atoms with Crippen LogP contribution in [0.5, 0.6) is 0 Å². The minimum Gasteiger partial charge on any atom is -0.350 e. The lowest BCUT2D eigenvalue weighted by Crippen LogP contribution is -2.68. The largest absolute Gasteiger partial charge is 0.391 e. The van der Waals surface area contributed by atoms with Crippen molar-refractivity contribution >= 4 is 0 Å². The first kappa shape index (κ1) is 22.8. The molecule has 1 heterocycles. The van der Waals surface area contributed by atoms with Crippen LogP contribution in [0.3, 0.4) is 0 Å². The number of fused-ring (bicyclic) bond motifs is 1. The molecule has 0 amide bonds. The Labute approximate surface area is 179 Å². The molecule has 3 saturated carbocycles. The summed E-state index contributed by atoms with van der Waals surface area (Å²) in [7, 11) is 0. The van der Waals surface area contributed by atoms with Crippen LogP contribution in [0.4, 0.5) is 13.2 Å².